The first kappa shape index (κ1) is 16.6. The average Bonchev–Trinajstić information content (AvgIpc) is 3.02. The van der Waals surface area contributed by atoms with Crippen molar-refractivity contribution in [1.29, 1.82) is 0 Å². The fourth-order valence-corrected chi connectivity index (χ4v) is 3.34. The molecule has 1 aromatic carbocycles. The van der Waals surface area contributed by atoms with Crippen LogP contribution >= 0.6 is 0 Å². The van der Waals surface area contributed by atoms with Crippen molar-refractivity contribution in [2.24, 2.45) is 11.5 Å². The number of amides is 1. The van der Waals surface area contributed by atoms with Crippen molar-refractivity contribution in [3.05, 3.63) is 41.0 Å². The first-order chi connectivity index (χ1) is 11.3. The van der Waals surface area contributed by atoms with Crippen LogP contribution in [-0.4, -0.2) is 37.9 Å². The highest BCUT2D eigenvalue weighted by Gasteiger charge is 2.35. The molecule has 3 atom stereocenters. The predicted molar refractivity (Wildman–Crippen MR) is 89.7 cm³/mol. The molecule has 1 fully saturated rings. The zero-order valence-corrected chi connectivity index (χ0v) is 13.9. The largest absolute Gasteiger partial charge is 0.391 e. The molecule has 0 saturated heterocycles. The summed E-state index contributed by atoms with van der Waals surface area (Å²) in [6, 6.07) is 5.81. The lowest BCUT2D eigenvalue weighted by atomic mass is 10.1. The van der Waals surface area contributed by atoms with Crippen LogP contribution in [0.1, 0.15) is 41.5 Å². The molecule has 1 heterocycles. The number of aromatic nitrogens is 3. The van der Waals surface area contributed by atoms with Crippen LogP contribution in [0.25, 0.3) is 5.69 Å². The molecular weight excluding hydrogens is 306 g/mol. The molecule has 7 heteroatoms. The minimum absolute atomic E-state index is 0.00447. The van der Waals surface area contributed by atoms with Crippen LogP contribution in [0.15, 0.2) is 18.2 Å². The number of nitrogens with zero attached hydrogens (tertiary/aromatic N) is 3. The number of aryl methyl sites for hydroxylation is 2. The van der Waals surface area contributed by atoms with Gasteiger partial charge in [-0.15, -0.1) is 0 Å². The average molecular weight is 329 g/mol. The molecule has 0 spiro atoms. The van der Waals surface area contributed by atoms with Gasteiger partial charge in [0.1, 0.15) is 5.82 Å². The highest BCUT2D eigenvalue weighted by Crippen LogP contribution is 2.34. The van der Waals surface area contributed by atoms with Gasteiger partial charge in [0.25, 0.3) is 0 Å². The number of primary amides is 1. The third-order valence-electron chi connectivity index (χ3n) is 4.53. The van der Waals surface area contributed by atoms with Gasteiger partial charge in [-0.2, -0.15) is 5.10 Å². The molecule has 5 N–H and O–H groups in total. The molecular formula is C17H23N5O2. The quantitative estimate of drug-likeness (QED) is 0.753. The molecule has 1 amide bonds. The summed E-state index contributed by atoms with van der Waals surface area (Å²) in [7, 11) is 0. The maximum absolute atomic E-state index is 11.2. The summed E-state index contributed by atoms with van der Waals surface area (Å²) in [6.07, 6.45) is 0.632. The number of carbonyl (C=O) groups excluding carboxylic acids is 1. The van der Waals surface area contributed by atoms with Gasteiger partial charge < -0.3 is 16.6 Å². The summed E-state index contributed by atoms with van der Waals surface area (Å²) in [4.78, 5) is 15.8. The lowest BCUT2D eigenvalue weighted by molar-refractivity contribution is -0.117. The van der Waals surface area contributed by atoms with Gasteiger partial charge in [-0.25, -0.2) is 9.67 Å². The van der Waals surface area contributed by atoms with E-state index >= 15 is 0 Å². The maximum Gasteiger partial charge on any atom is 0.225 e. The van der Waals surface area contributed by atoms with E-state index in [4.69, 9.17) is 11.5 Å². The van der Waals surface area contributed by atoms with E-state index in [2.05, 4.69) is 16.1 Å². The Bertz CT molecular complexity index is 760. The molecule has 3 rings (SSSR count). The van der Waals surface area contributed by atoms with E-state index < -0.39 is 12.0 Å². The number of aliphatic hydroxyl groups excluding tert-OH is 1. The van der Waals surface area contributed by atoms with Gasteiger partial charge in [0.15, 0.2) is 5.82 Å². The van der Waals surface area contributed by atoms with Crippen molar-refractivity contribution < 1.29 is 9.90 Å². The Kier molecular flexibility index (Phi) is 4.38. The number of nitrogens with two attached hydrogens (primary N) is 2. The highest BCUT2D eigenvalue weighted by atomic mass is 16.3. The second-order valence-corrected chi connectivity index (χ2v) is 6.63. The van der Waals surface area contributed by atoms with Crippen molar-refractivity contribution in [2.75, 3.05) is 0 Å². The molecule has 0 bridgehead atoms. The van der Waals surface area contributed by atoms with Crippen molar-refractivity contribution in [3.63, 3.8) is 0 Å². The van der Waals surface area contributed by atoms with Gasteiger partial charge in [0.05, 0.1) is 18.2 Å². The molecule has 1 saturated carbocycles. The van der Waals surface area contributed by atoms with Crippen LogP contribution in [0.4, 0.5) is 0 Å². The Hall–Kier alpha value is -2.25. The summed E-state index contributed by atoms with van der Waals surface area (Å²) in [5.41, 5.74) is 14.4. The van der Waals surface area contributed by atoms with Crippen LogP contribution in [0.3, 0.4) is 0 Å². The van der Waals surface area contributed by atoms with E-state index in [1.54, 1.807) is 4.68 Å². The van der Waals surface area contributed by atoms with Gasteiger partial charge >= 0.3 is 0 Å². The Morgan fingerprint density at radius 2 is 2.12 bits per heavy atom. The summed E-state index contributed by atoms with van der Waals surface area (Å²) in [6.45, 7) is 4.04. The minimum Gasteiger partial charge on any atom is -0.391 e. The van der Waals surface area contributed by atoms with Gasteiger partial charge in [0.2, 0.25) is 5.91 Å². The minimum atomic E-state index is -0.543. The normalized spacial score (nSPS) is 23.6. The molecule has 1 aliphatic carbocycles. The molecule has 0 aliphatic heterocycles. The molecule has 2 aromatic rings. The van der Waals surface area contributed by atoms with Gasteiger partial charge in [-0.05, 0) is 38.3 Å². The van der Waals surface area contributed by atoms with E-state index in [9.17, 15) is 9.90 Å². The van der Waals surface area contributed by atoms with E-state index in [1.165, 1.54) is 0 Å². The van der Waals surface area contributed by atoms with Crippen LogP contribution < -0.4 is 11.5 Å². The zero-order chi connectivity index (χ0) is 17.4. The van der Waals surface area contributed by atoms with E-state index in [1.807, 2.05) is 26.0 Å². The first-order valence-corrected chi connectivity index (χ1v) is 8.10. The van der Waals surface area contributed by atoms with Crippen molar-refractivity contribution in [2.45, 2.75) is 51.2 Å². The smallest absolute Gasteiger partial charge is 0.225 e. The third kappa shape index (κ3) is 3.18. The SMILES string of the molecule is Cc1ccc(-n2nc(CC(N)=O)nc2[C@H]2C[C@@H](N)[C@H](O)C2)c(C)c1. The summed E-state index contributed by atoms with van der Waals surface area (Å²) >= 11 is 0. The van der Waals surface area contributed by atoms with Gasteiger partial charge in [-0.3, -0.25) is 4.79 Å². The van der Waals surface area contributed by atoms with Gasteiger partial charge in [0, 0.05) is 12.0 Å². The number of aliphatic hydroxyl groups is 1. The standard InChI is InChI=1S/C17H23N5O2/c1-9-3-4-13(10(2)5-9)22-17(11-6-12(18)14(23)7-11)20-16(21-22)8-15(19)24/h3-5,11-12,14,23H,6-8,18H2,1-2H3,(H2,19,24)/t11-,12+,14+/m0/s1. The Morgan fingerprint density at radius 3 is 2.71 bits per heavy atom. The van der Waals surface area contributed by atoms with Crippen LogP contribution in [0.5, 0.6) is 0 Å². The molecule has 0 radical (unpaired) electrons. The van der Waals surface area contributed by atoms with E-state index in [0.717, 1.165) is 22.6 Å². The van der Waals surface area contributed by atoms with Crippen LogP contribution in [-0.2, 0) is 11.2 Å². The maximum atomic E-state index is 11.2. The number of hydrogen-bond donors (Lipinski definition) is 3. The van der Waals surface area contributed by atoms with Crippen LogP contribution in [0, 0.1) is 13.8 Å². The second-order valence-electron chi connectivity index (χ2n) is 6.63. The topological polar surface area (TPSA) is 120 Å². The fourth-order valence-electron chi connectivity index (χ4n) is 3.34. The second kappa shape index (κ2) is 6.33. The number of rotatable bonds is 4. The fraction of sp³-hybridized carbons (Fsp3) is 0.471. The summed E-state index contributed by atoms with van der Waals surface area (Å²) < 4.78 is 1.77. The van der Waals surface area contributed by atoms with E-state index in [-0.39, 0.29) is 18.4 Å². The zero-order valence-electron chi connectivity index (χ0n) is 13.9. The molecule has 1 aromatic heterocycles. The number of hydrogen-bond acceptors (Lipinski definition) is 5. The van der Waals surface area contributed by atoms with Crippen molar-refractivity contribution >= 4 is 5.91 Å². The van der Waals surface area contributed by atoms with Crippen LogP contribution in [0.2, 0.25) is 0 Å². The first-order valence-electron chi connectivity index (χ1n) is 8.10. The summed E-state index contributed by atoms with van der Waals surface area (Å²) in [5, 5.41) is 14.5. The Labute approximate surface area is 140 Å². The number of benzene rings is 1. The highest BCUT2D eigenvalue weighted by molar-refractivity contribution is 5.75. The van der Waals surface area contributed by atoms with E-state index in [0.29, 0.717) is 18.7 Å². The monoisotopic (exact) mass is 329 g/mol. The lowest BCUT2D eigenvalue weighted by Crippen LogP contribution is -2.28. The molecule has 0 unspecified atom stereocenters. The van der Waals surface area contributed by atoms with Crippen molar-refractivity contribution in [1.82, 2.24) is 14.8 Å². The Morgan fingerprint density at radius 1 is 1.38 bits per heavy atom. The van der Waals surface area contributed by atoms with Gasteiger partial charge in [-0.1, -0.05) is 17.7 Å². The molecule has 24 heavy (non-hydrogen) atoms. The summed E-state index contributed by atoms with van der Waals surface area (Å²) in [5.74, 6) is 0.657. The molecule has 7 nitrogen and oxygen atoms in total. The molecule has 1 aliphatic rings. The Balaban J connectivity index is 2.06. The lowest BCUT2D eigenvalue weighted by Gasteiger charge is -2.13. The number of carbonyl (C=O) groups is 1. The third-order valence-corrected chi connectivity index (χ3v) is 4.53. The van der Waals surface area contributed by atoms with Crippen molar-refractivity contribution in [3.8, 4) is 5.69 Å². The predicted octanol–water partition coefficient (Wildman–Crippen LogP) is 0.478. The molecule has 128 valence electrons.